The number of morpholine rings is 1. The van der Waals surface area contributed by atoms with Gasteiger partial charge in [0.1, 0.15) is 12.4 Å². The van der Waals surface area contributed by atoms with E-state index in [4.69, 9.17) is 9.47 Å². The van der Waals surface area contributed by atoms with Crippen LogP contribution in [0.2, 0.25) is 0 Å². The molecule has 2 aromatic heterocycles. The third-order valence-electron chi connectivity index (χ3n) is 3.98. The van der Waals surface area contributed by atoms with E-state index in [2.05, 4.69) is 20.2 Å². The zero-order chi connectivity index (χ0) is 18.2. The molecule has 0 bridgehead atoms. The van der Waals surface area contributed by atoms with Gasteiger partial charge in [-0.25, -0.2) is 4.98 Å². The Balaban J connectivity index is 1.43. The van der Waals surface area contributed by atoms with E-state index in [1.165, 1.54) is 6.07 Å². The highest BCUT2D eigenvalue weighted by atomic mass is 16.5. The molecular weight excluding hydrogens is 336 g/mol. The molecule has 8 heteroatoms. The SMILES string of the molecule is O=C(COCc1cc[nH]c(=O)c1)NCc1ccnc(N2CCOCC2)c1. The molecule has 0 radical (unpaired) electrons. The summed E-state index contributed by atoms with van der Waals surface area (Å²) in [5, 5.41) is 2.82. The van der Waals surface area contributed by atoms with Crippen LogP contribution in [0.5, 0.6) is 0 Å². The molecule has 1 aliphatic heterocycles. The Morgan fingerprint density at radius 3 is 2.92 bits per heavy atom. The van der Waals surface area contributed by atoms with Gasteiger partial charge < -0.3 is 24.7 Å². The van der Waals surface area contributed by atoms with Gasteiger partial charge in [-0.05, 0) is 29.3 Å². The summed E-state index contributed by atoms with van der Waals surface area (Å²) in [5.41, 5.74) is 1.51. The van der Waals surface area contributed by atoms with Gasteiger partial charge in [0, 0.05) is 38.1 Å². The molecule has 0 saturated carbocycles. The first-order valence-corrected chi connectivity index (χ1v) is 8.50. The van der Waals surface area contributed by atoms with Crippen molar-refractivity contribution in [1.82, 2.24) is 15.3 Å². The number of carbonyl (C=O) groups is 1. The maximum absolute atomic E-state index is 11.9. The number of hydrogen-bond donors (Lipinski definition) is 2. The summed E-state index contributed by atoms with van der Waals surface area (Å²) in [6.45, 7) is 3.60. The number of pyridine rings is 2. The standard InChI is InChI=1S/C18H22N4O4/c23-17-10-15(2-4-20-17)12-26-13-18(24)21-11-14-1-3-19-16(9-14)22-5-7-25-8-6-22/h1-4,9-10H,5-8,11-13H2,(H,20,23)(H,21,24). The molecule has 3 heterocycles. The van der Waals surface area contributed by atoms with E-state index in [0.717, 1.165) is 30.0 Å². The molecule has 3 rings (SSSR count). The Hall–Kier alpha value is -2.71. The summed E-state index contributed by atoms with van der Waals surface area (Å²) in [6.07, 6.45) is 3.30. The minimum Gasteiger partial charge on any atom is -0.378 e. The number of amides is 1. The zero-order valence-electron chi connectivity index (χ0n) is 14.4. The average Bonchev–Trinajstić information content (AvgIpc) is 2.67. The van der Waals surface area contributed by atoms with Gasteiger partial charge in [-0.15, -0.1) is 0 Å². The summed E-state index contributed by atoms with van der Waals surface area (Å²) in [6, 6.07) is 7.04. The van der Waals surface area contributed by atoms with Crippen LogP contribution in [0.15, 0.2) is 41.5 Å². The molecule has 8 nitrogen and oxygen atoms in total. The summed E-state index contributed by atoms with van der Waals surface area (Å²) >= 11 is 0. The number of nitrogens with zero attached hydrogens (tertiary/aromatic N) is 2. The van der Waals surface area contributed by atoms with Crippen LogP contribution in [-0.2, 0) is 27.4 Å². The predicted octanol–water partition coefficient (Wildman–Crippen LogP) is 0.440. The van der Waals surface area contributed by atoms with Crippen LogP contribution in [0.3, 0.4) is 0 Å². The number of aromatic nitrogens is 2. The van der Waals surface area contributed by atoms with Crippen LogP contribution in [0, 0.1) is 0 Å². The van der Waals surface area contributed by atoms with Gasteiger partial charge in [0.05, 0.1) is 19.8 Å². The topological polar surface area (TPSA) is 96.5 Å². The molecule has 1 saturated heterocycles. The fourth-order valence-corrected chi connectivity index (χ4v) is 2.63. The lowest BCUT2D eigenvalue weighted by Gasteiger charge is -2.28. The smallest absolute Gasteiger partial charge is 0.248 e. The number of nitrogens with one attached hydrogen (secondary N) is 2. The van der Waals surface area contributed by atoms with E-state index in [0.29, 0.717) is 19.8 Å². The lowest BCUT2D eigenvalue weighted by Crippen LogP contribution is -2.36. The molecule has 138 valence electrons. The summed E-state index contributed by atoms with van der Waals surface area (Å²) < 4.78 is 10.7. The van der Waals surface area contributed by atoms with Gasteiger partial charge >= 0.3 is 0 Å². The van der Waals surface area contributed by atoms with Crippen LogP contribution < -0.4 is 15.8 Å². The lowest BCUT2D eigenvalue weighted by molar-refractivity contribution is -0.126. The van der Waals surface area contributed by atoms with Crippen LogP contribution in [0.1, 0.15) is 11.1 Å². The Morgan fingerprint density at radius 2 is 2.12 bits per heavy atom. The van der Waals surface area contributed by atoms with E-state index in [9.17, 15) is 9.59 Å². The fraction of sp³-hybridized carbons (Fsp3) is 0.389. The van der Waals surface area contributed by atoms with Crippen molar-refractivity contribution >= 4 is 11.7 Å². The minimum atomic E-state index is -0.209. The first-order valence-electron chi connectivity index (χ1n) is 8.50. The highest BCUT2D eigenvalue weighted by Crippen LogP contribution is 2.14. The number of carbonyl (C=O) groups excluding carboxylic acids is 1. The van der Waals surface area contributed by atoms with Crippen molar-refractivity contribution in [3.05, 3.63) is 58.1 Å². The molecule has 0 spiro atoms. The van der Waals surface area contributed by atoms with Gasteiger partial charge in [-0.2, -0.15) is 0 Å². The van der Waals surface area contributed by atoms with Gasteiger partial charge in [0.15, 0.2) is 0 Å². The number of rotatable bonds is 7. The molecule has 26 heavy (non-hydrogen) atoms. The van der Waals surface area contributed by atoms with E-state index >= 15 is 0 Å². The molecule has 0 aliphatic carbocycles. The quantitative estimate of drug-likeness (QED) is 0.746. The Kier molecular flexibility index (Phi) is 6.34. The molecule has 0 unspecified atom stereocenters. The van der Waals surface area contributed by atoms with E-state index in [-0.39, 0.29) is 24.7 Å². The molecule has 1 aliphatic rings. The second kappa shape index (κ2) is 9.12. The summed E-state index contributed by atoms with van der Waals surface area (Å²) in [7, 11) is 0. The first-order chi connectivity index (χ1) is 12.7. The Bertz CT molecular complexity index is 787. The fourth-order valence-electron chi connectivity index (χ4n) is 2.63. The molecule has 1 amide bonds. The first kappa shape index (κ1) is 18.1. The Morgan fingerprint density at radius 1 is 1.27 bits per heavy atom. The average molecular weight is 358 g/mol. The molecule has 0 aromatic carbocycles. The number of aromatic amines is 1. The van der Waals surface area contributed by atoms with Crippen molar-refractivity contribution in [3.8, 4) is 0 Å². The second-order valence-corrected chi connectivity index (χ2v) is 5.95. The monoisotopic (exact) mass is 358 g/mol. The number of ether oxygens (including phenoxy) is 2. The van der Waals surface area contributed by atoms with Crippen LogP contribution in [-0.4, -0.2) is 48.8 Å². The van der Waals surface area contributed by atoms with Crippen molar-refractivity contribution in [1.29, 1.82) is 0 Å². The van der Waals surface area contributed by atoms with Crippen LogP contribution in [0.4, 0.5) is 5.82 Å². The molecule has 2 aromatic rings. The lowest BCUT2D eigenvalue weighted by atomic mass is 10.2. The normalized spacial score (nSPS) is 14.2. The maximum atomic E-state index is 11.9. The molecular formula is C18H22N4O4. The van der Waals surface area contributed by atoms with E-state index in [1.807, 2.05) is 12.1 Å². The number of hydrogen-bond acceptors (Lipinski definition) is 6. The largest absolute Gasteiger partial charge is 0.378 e. The van der Waals surface area contributed by atoms with Crippen LogP contribution >= 0.6 is 0 Å². The van der Waals surface area contributed by atoms with E-state index < -0.39 is 0 Å². The van der Waals surface area contributed by atoms with E-state index in [1.54, 1.807) is 18.5 Å². The third-order valence-corrected chi connectivity index (χ3v) is 3.98. The van der Waals surface area contributed by atoms with Gasteiger partial charge in [0.25, 0.3) is 0 Å². The molecule has 2 N–H and O–H groups in total. The van der Waals surface area contributed by atoms with Gasteiger partial charge in [-0.1, -0.05) is 0 Å². The van der Waals surface area contributed by atoms with Crippen molar-refractivity contribution in [2.75, 3.05) is 37.8 Å². The highest BCUT2D eigenvalue weighted by molar-refractivity contribution is 5.77. The summed E-state index contributed by atoms with van der Waals surface area (Å²) in [5.74, 6) is 0.685. The second-order valence-electron chi connectivity index (χ2n) is 5.95. The van der Waals surface area contributed by atoms with Gasteiger partial charge in [0.2, 0.25) is 11.5 Å². The number of anilines is 1. The predicted molar refractivity (Wildman–Crippen MR) is 95.8 cm³/mol. The third kappa shape index (κ3) is 5.40. The van der Waals surface area contributed by atoms with Crippen LogP contribution in [0.25, 0.3) is 0 Å². The van der Waals surface area contributed by atoms with Crippen molar-refractivity contribution < 1.29 is 14.3 Å². The maximum Gasteiger partial charge on any atom is 0.248 e. The minimum absolute atomic E-state index is 0.0613. The van der Waals surface area contributed by atoms with Gasteiger partial charge in [-0.3, -0.25) is 9.59 Å². The summed E-state index contributed by atoms with van der Waals surface area (Å²) in [4.78, 5) is 32.2. The zero-order valence-corrected chi connectivity index (χ0v) is 14.4. The molecule has 0 atom stereocenters. The molecule has 1 fully saturated rings. The number of H-pyrrole nitrogens is 1. The van der Waals surface area contributed by atoms with Crippen molar-refractivity contribution in [2.45, 2.75) is 13.2 Å². The van der Waals surface area contributed by atoms with Crippen molar-refractivity contribution in [2.24, 2.45) is 0 Å². The van der Waals surface area contributed by atoms with Crippen molar-refractivity contribution in [3.63, 3.8) is 0 Å². The Labute approximate surface area is 151 Å². The highest BCUT2D eigenvalue weighted by Gasteiger charge is 2.12.